The molecule has 1 unspecified atom stereocenters. The third-order valence-corrected chi connectivity index (χ3v) is 2.50. The van der Waals surface area contributed by atoms with Crippen molar-refractivity contribution in [2.45, 2.75) is 79.1 Å². The molecule has 0 aliphatic heterocycles. The molecular formula is C14H34NdO4P-. The summed E-state index contributed by atoms with van der Waals surface area (Å²) in [6.45, 7) is 12.9. The van der Waals surface area contributed by atoms with E-state index in [1.165, 1.54) is 51.4 Å². The maximum atomic E-state index is 8.88. The summed E-state index contributed by atoms with van der Waals surface area (Å²) in [4.78, 5) is 21.6. The van der Waals surface area contributed by atoms with Crippen molar-refractivity contribution in [3.63, 3.8) is 0 Å². The first-order valence-electron chi connectivity index (χ1n) is 7.34. The van der Waals surface area contributed by atoms with Gasteiger partial charge in [-0.05, 0) is 0 Å². The van der Waals surface area contributed by atoms with Gasteiger partial charge in [0.25, 0.3) is 0 Å². The third-order valence-electron chi connectivity index (χ3n) is 2.50. The Labute approximate surface area is 158 Å². The summed E-state index contributed by atoms with van der Waals surface area (Å²) in [7, 11) is -4.64. The number of phosphoric acid groups is 1. The Morgan fingerprint density at radius 2 is 1.20 bits per heavy atom. The second-order valence-corrected chi connectivity index (χ2v) is 5.66. The van der Waals surface area contributed by atoms with E-state index < -0.39 is 7.82 Å². The Hall–Kier alpha value is 1.46. The molecule has 0 saturated carbocycles. The molecule has 0 saturated heterocycles. The van der Waals surface area contributed by atoms with E-state index in [0.717, 1.165) is 0 Å². The summed E-state index contributed by atoms with van der Waals surface area (Å²) >= 11 is 0. The van der Waals surface area contributed by atoms with E-state index >= 15 is 0 Å². The molecule has 0 fully saturated rings. The van der Waals surface area contributed by atoms with Crippen LogP contribution in [0.2, 0.25) is 0 Å². The second-order valence-electron chi connectivity index (χ2n) is 4.64. The summed E-state index contributed by atoms with van der Waals surface area (Å²) < 4.78 is 8.88. The zero-order valence-corrected chi connectivity index (χ0v) is 17.7. The van der Waals surface area contributed by atoms with Gasteiger partial charge in [0.05, 0.1) is 0 Å². The first kappa shape index (κ1) is 29.5. The van der Waals surface area contributed by atoms with Crippen LogP contribution in [-0.2, 0) is 4.57 Å². The molecule has 0 aliphatic rings. The molecule has 0 rings (SSSR count). The SMILES string of the molecule is CCCCCC.O=P(O)(O)O.[CH2-]C(CC)CCCC.[Nd]. The number of hydrogen-bond donors (Lipinski definition) is 3. The predicted octanol–water partition coefficient (Wildman–Crippen LogP) is 4.69. The molecule has 0 aromatic rings. The molecule has 20 heavy (non-hydrogen) atoms. The predicted molar refractivity (Wildman–Crippen MR) is 82.7 cm³/mol. The molecule has 0 aromatic carbocycles. The minimum absolute atomic E-state index is 0. The van der Waals surface area contributed by atoms with Gasteiger partial charge in [0.15, 0.2) is 0 Å². The molecular weight excluding hydrogens is 407 g/mol. The quantitative estimate of drug-likeness (QED) is 0.304. The fourth-order valence-electron chi connectivity index (χ4n) is 1.20. The van der Waals surface area contributed by atoms with Crippen molar-refractivity contribution < 1.29 is 60.1 Å². The standard InChI is InChI=1S/C8H17.C6H14.Nd.H3O4P/c1-4-6-7-8(3)5-2;1-3-5-6-4-2;;1-5(2,3)4/h8H,3-7H2,1-2H3;3-6H2,1-2H3;;(H3,1,2,3,4)/q-1;;;. The monoisotopic (exact) mass is 439 g/mol. The minimum Gasteiger partial charge on any atom is -0.340 e. The maximum absolute atomic E-state index is 8.88. The van der Waals surface area contributed by atoms with Crippen LogP contribution in [0.25, 0.3) is 0 Å². The Morgan fingerprint density at radius 1 is 0.900 bits per heavy atom. The Balaban J connectivity index is -0.0000000966. The molecule has 1 atom stereocenters. The molecule has 0 aliphatic carbocycles. The smallest absolute Gasteiger partial charge is 0.340 e. The van der Waals surface area contributed by atoms with Crippen molar-refractivity contribution in [3.05, 3.63) is 6.92 Å². The maximum Gasteiger partial charge on any atom is 0.466 e. The van der Waals surface area contributed by atoms with Gasteiger partial charge in [0.1, 0.15) is 0 Å². The van der Waals surface area contributed by atoms with Crippen molar-refractivity contribution >= 4 is 7.82 Å². The molecule has 0 aromatic heterocycles. The van der Waals surface area contributed by atoms with E-state index in [2.05, 4.69) is 34.6 Å². The topological polar surface area (TPSA) is 77.8 Å². The van der Waals surface area contributed by atoms with E-state index in [-0.39, 0.29) is 40.8 Å². The number of unbranched alkanes of at least 4 members (excludes halogenated alkanes) is 4. The third kappa shape index (κ3) is 60.6. The zero-order chi connectivity index (χ0) is 15.7. The zero-order valence-electron chi connectivity index (χ0n) is 13.6. The van der Waals surface area contributed by atoms with Crippen LogP contribution in [0, 0.1) is 53.7 Å². The van der Waals surface area contributed by atoms with E-state index in [1.807, 2.05) is 0 Å². The van der Waals surface area contributed by atoms with Crippen molar-refractivity contribution in [1.29, 1.82) is 0 Å². The second kappa shape index (κ2) is 22.7. The van der Waals surface area contributed by atoms with Crippen molar-refractivity contribution in [2.75, 3.05) is 0 Å². The summed E-state index contributed by atoms with van der Waals surface area (Å²) in [6, 6.07) is 0. The van der Waals surface area contributed by atoms with Crippen LogP contribution in [0.1, 0.15) is 79.1 Å². The van der Waals surface area contributed by atoms with Gasteiger partial charge in [0, 0.05) is 40.8 Å². The summed E-state index contributed by atoms with van der Waals surface area (Å²) in [5, 5.41) is 0. The van der Waals surface area contributed by atoms with Crippen LogP contribution >= 0.6 is 7.82 Å². The number of hydrogen-bond acceptors (Lipinski definition) is 1. The van der Waals surface area contributed by atoms with E-state index in [4.69, 9.17) is 19.2 Å². The van der Waals surface area contributed by atoms with Crippen LogP contribution in [0.4, 0.5) is 0 Å². The Morgan fingerprint density at radius 3 is 1.40 bits per heavy atom. The van der Waals surface area contributed by atoms with Gasteiger partial charge >= 0.3 is 7.82 Å². The summed E-state index contributed by atoms with van der Waals surface area (Å²) in [5.41, 5.74) is 0. The van der Waals surface area contributed by atoms with Gasteiger partial charge in [-0.15, -0.1) is 0 Å². The fourth-order valence-corrected chi connectivity index (χ4v) is 1.20. The van der Waals surface area contributed by atoms with Crippen LogP contribution in [0.3, 0.4) is 0 Å². The Bertz CT molecular complexity index is 185. The van der Waals surface area contributed by atoms with Gasteiger partial charge < -0.3 is 21.6 Å². The molecule has 4 nitrogen and oxygen atoms in total. The van der Waals surface area contributed by atoms with E-state index in [0.29, 0.717) is 5.92 Å². The van der Waals surface area contributed by atoms with Crippen molar-refractivity contribution in [2.24, 2.45) is 5.92 Å². The molecule has 0 heterocycles. The molecule has 0 radical (unpaired) electrons. The van der Waals surface area contributed by atoms with Gasteiger partial charge in [-0.2, -0.15) is 5.92 Å². The molecule has 124 valence electrons. The first-order valence-corrected chi connectivity index (χ1v) is 8.90. The average molecular weight is 442 g/mol. The molecule has 0 spiro atoms. The molecule has 0 amide bonds. The van der Waals surface area contributed by atoms with E-state index in [9.17, 15) is 0 Å². The normalized spacial score (nSPS) is 11.2. The largest absolute Gasteiger partial charge is 0.466 e. The van der Waals surface area contributed by atoms with E-state index in [1.54, 1.807) is 0 Å². The van der Waals surface area contributed by atoms with Crippen molar-refractivity contribution in [3.8, 4) is 0 Å². The molecule has 0 bridgehead atoms. The van der Waals surface area contributed by atoms with Gasteiger partial charge in [-0.1, -0.05) is 79.1 Å². The van der Waals surface area contributed by atoms with Gasteiger partial charge in [-0.3, -0.25) is 0 Å². The molecule has 3 N–H and O–H groups in total. The first-order chi connectivity index (χ1) is 8.72. The van der Waals surface area contributed by atoms with Crippen LogP contribution < -0.4 is 0 Å². The minimum atomic E-state index is -4.64. The van der Waals surface area contributed by atoms with Gasteiger partial charge in [0.2, 0.25) is 0 Å². The number of rotatable bonds is 7. The van der Waals surface area contributed by atoms with Crippen LogP contribution in [-0.4, -0.2) is 14.7 Å². The van der Waals surface area contributed by atoms with Crippen LogP contribution in [0.15, 0.2) is 0 Å². The summed E-state index contributed by atoms with van der Waals surface area (Å²) in [6.07, 6.45) is 10.7. The van der Waals surface area contributed by atoms with Crippen LogP contribution in [0.5, 0.6) is 0 Å². The summed E-state index contributed by atoms with van der Waals surface area (Å²) in [5.74, 6) is 0.704. The average Bonchev–Trinajstić information content (AvgIpc) is 2.32. The Kier molecular flexibility index (Phi) is 33.5. The fraction of sp³-hybridized carbons (Fsp3) is 0.929. The van der Waals surface area contributed by atoms with Crippen molar-refractivity contribution in [1.82, 2.24) is 0 Å². The van der Waals surface area contributed by atoms with Gasteiger partial charge in [-0.25, -0.2) is 4.57 Å². The molecule has 6 heteroatoms.